The van der Waals surface area contributed by atoms with Gasteiger partial charge in [0.05, 0.1) is 34.9 Å². The molecule has 0 unspecified atom stereocenters. The van der Waals surface area contributed by atoms with Crippen LogP contribution in [0.25, 0.3) is 0 Å². The van der Waals surface area contributed by atoms with Crippen LogP contribution >= 0.6 is 22.9 Å². The number of amides is 2. The molecule has 1 N–H and O–H groups in total. The molecule has 37 heavy (non-hydrogen) atoms. The van der Waals surface area contributed by atoms with E-state index < -0.39 is 0 Å². The van der Waals surface area contributed by atoms with Gasteiger partial charge in [-0.1, -0.05) is 17.7 Å². The van der Waals surface area contributed by atoms with E-state index in [1.165, 1.54) is 11.3 Å². The van der Waals surface area contributed by atoms with E-state index in [4.69, 9.17) is 16.3 Å². The number of imidazole rings is 1. The number of H-pyrrole nitrogens is 1. The lowest BCUT2D eigenvalue weighted by Gasteiger charge is -2.36. The van der Waals surface area contributed by atoms with Gasteiger partial charge < -0.3 is 24.4 Å². The zero-order chi connectivity index (χ0) is 25.8. The molecule has 1 saturated heterocycles. The number of aromatic amines is 1. The van der Waals surface area contributed by atoms with Crippen molar-refractivity contribution in [2.45, 2.75) is 6.54 Å². The third-order valence-corrected chi connectivity index (χ3v) is 7.54. The minimum atomic E-state index is -0.137. The minimum absolute atomic E-state index is 0.0254. The maximum absolute atomic E-state index is 13.5. The average Bonchev–Trinajstić information content (AvgIpc) is 3.63. The van der Waals surface area contributed by atoms with E-state index in [0.29, 0.717) is 40.2 Å². The molecule has 0 atom stereocenters. The Morgan fingerprint density at radius 3 is 2.51 bits per heavy atom. The second kappa shape index (κ2) is 11.1. The van der Waals surface area contributed by atoms with Crippen LogP contribution < -0.4 is 14.5 Å². The molecular weight excluding hydrogens is 510 g/mol. The highest BCUT2D eigenvalue weighted by molar-refractivity contribution is 7.17. The van der Waals surface area contributed by atoms with Crippen LogP contribution in [0.1, 0.15) is 25.7 Å². The molecule has 0 saturated carbocycles. The van der Waals surface area contributed by atoms with Crippen molar-refractivity contribution in [2.24, 2.45) is 0 Å². The van der Waals surface area contributed by atoms with Crippen LogP contribution in [0.15, 0.2) is 73.2 Å². The third kappa shape index (κ3) is 5.63. The van der Waals surface area contributed by atoms with Gasteiger partial charge in [0.1, 0.15) is 5.75 Å². The summed E-state index contributed by atoms with van der Waals surface area (Å²) in [5.41, 5.74) is 3.18. The fraction of sp³-hybridized carbons (Fsp3) is 0.222. The number of piperazine rings is 1. The lowest BCUT2D eigenvalue weighted by molar-refractivity contribution is 0.0751. The summed E-state index contributed by atoms with van der Waals surface area (Å²) in [6.45, 7) is 3.07. The first-order chi connectivity index (χ1) is 18.0. The Morgan fingerprint density at radius 2 is 1.86 bits per heavy atom. The molecule has 10 heteroatoms. The number of benzene rings is 2. The molecule has 0 aliphatic carbocycles. The van der Waals surface area contributed by atoms with Crippen molar-refractivity contribution in [1.82, 2.24) is 14.9 Å². The van der Waals surface area contributed by atoms with Crippen LogP contribution in [0.5, 0.6) is 5.75 Å². The van der Waals surface area contributed by atoms with Crippen LogP contribution in [0.3, 0.4) is 0 Å². The minimum Gasteiger partial charge on any atom is -0.497 e. The van der Waals surface area contributed by atoms with E-state index in [2.05, 4.69) is 14.9 Å². The van der Waals surface area contributed by atoms with Crippen LogP contribution in [0.4, 0.5) is 11.4 Å². The van der Waals surface area contributed by atoms with Gasteiger partial charge in [0.25, 0.3) is 11.8 Å². The lowest BCUT2D eigenvalue weighted by Crippen LogP contribution is -2.48. The van der Waals surface area contributed by atoms with Crippen LogP contribution in [-0.2, 0) is 6.54 Å². The zero-order valence-corrected chi connectivity index (χ0v) is 21.8. The van der Waals surface area contributed by atoms with Gasteiger partial charge in [-0.25, -0.2) is 4.98 Å². The fourth-order valence-corrected chi connectivity index (χ4v) is 5.34. The third-order valence-electron chi connectivity index (χ3n) is 6.32. The highest BCUT2D eigenvalue weighted by Crippen LogP contribution is 2.27. The molecule has 5 rings (SSSR count). The Balaban J connectivity index is 1.30. The van der Waals surface area contributed by atoms with Gasteiger partial charge in [-0.3, -0.25) is 9.59 Å². The topological polar surface area (TPSA) is 81.8 Å². The summed E-state index contributed by atoms with van der Waals surface area (Å²) in [6, 6.07) is 18.6. The van der Waals surface area contributed by atoms with E-state index >= 15 is 0 Å². The molecule has 2 amide bonds. The predicted octanol–water partition coefficient (Wildman–Crippen LogP) is 4.94. The number of nitrogens with zero attached hydrogens (tertiary/aromatic N) is 4. The SMILES string of the molecule is COc1cccc(C(=O)N(Cc2cnc[nH]2)c2ccc(N3CCN(C(=O)c4ccc(Cl)s4)CC3)cc2)c1. The number of hydrogen-bond donors (Lipinski definition) is 1. The first kappa shape index (κ1) is 24.9. The molecule has 1 aliphatic heterocycles. The number of halogens is 1. The quantitative estimate of drug-likeness (QED) is 0.362. The van der Waals surface area contributed by atoms with Crippen molar-refractivity contribution in [3.05, 3.63) is 93.7 Å². The molecule has 0 radical (unpaired) electrons. The van der Waals surface area contributed by atoms with Gasteiger partial charge in [-0.2, -0.15) is 0 Å². The summed E-state index contributed by atoms with van der Waals surface area (Å²) >= 11 is 7.30. The normalized spacial score (nSPS) is 13.5. The highest BCUT2D eigenvalue weighted by Gasteiger charge is 2.24. The molecule has 2 aromatic carbocycles. The van der Waals surface area contributed by atoms with E-state index in [0.717, 1.165) is 30.2 Å². The zero-order valence-electron chi connectivity index (χ0n) is 20.3. The largest absolute Gasteiger partial charge is 0.497 e. The molecule has 190 valence electrons. The standard InChI is InChI=1S/C27H26ClN5O3S/c1-36-23-4-2-3-19(15-23)26(34)33(17-20-16-29-18-30-20)22-7-5-21(6-8-22)31-11-13-32(14-12-31)27(35)24-9-10-25(28)37-24/h2-10,15-16,18H,11-14,17H2,1H3,(H,29,30). The number of nitrogens with one attached hydrogen (secondary N) is 1. The summed E-state index contributed by atoms with van der Waals surface area (Å²) in [6.07, 6.45) is 3.31. The van der Waals surface area contributed by atoms with Gasteiger partial charge in [0.2, 0.25) is 0 Å². The number of ether oxygens (including phenoxy) is 1. The molecule has 0 spiro atoms. The number of thiophene rings is 1. The van der Waals surface area contributed by atoms with Gasteiger partial charge in [0, 0.05) is 49.3 Å². The number of carbonyl (C=O) groups excluding carboxylic acids is 2. The lowest BCUT2D eigenvalue weighted by atomic mass is 10.1. The van der Waals surface area contributed by atoms with Crippen molar-refractivity contribution in [2.75, 3.05) is 43.1 Å². The number of anilines is 2. The summed E-state index contributed by atoms with van der Waals surface area (Å²) in [5.74, 6) is 0.516. The van der Waals surface area contributed by atoms with Crippen LogP contribution in [0.2, 0.25) is 4.34 Å². The van der Waals surface area contributed by atoms with Gasteiger partial charge in [-0.15, -0.1) is 11.3 Å². The van der Waals surface area contributed by atoms with Crippen molar-refractivity contribution in [1.29, 1.82) is 0 Å². The monoisotopic (exact) mass is 535 g/mol. The van der Waals surface area contributed by atoms with Crippen LogP contribution in [0, 0.1) is 0 Å². The molecule has 2 aromatic heterocycles. The Labute approximate surface area is 224 Å². The van der Waals surface area contributed by atoms with Crippen molar-refractivity contribution >= 4 is 46.1 Å². The smallest absolute Gasteiger partial charge is 0.264 e. The Bertz CT molecular complexity index is 1360. The van der Waals surface area contributed by atoms with Crippen molar-refractivity contribution in [3.63, 3.8) is 0 Å². The molecule has 0 bridgehead atoms. The molecule has 1 aliphatic rings. The maximum atomic E-state index is 13.5. The van der Waals surface area contributed by atoms with E-state index in [-0.39, 0.29) is 11.8 Å². The molecule has 4 aromatic rings. The summed E-state index contributed by atoms with van der Waals surface area (Å²) in [7, 11) is 1.58. The van der Waals surface area contributed by atoms with Crippen LogP contribution in [-0.4, -0.2) is 60.0 Å². The second-order valence-electron chi connectivity index (χ2n) is 8.60. The molecule has 3 heterocycles. The molecule has 1 fully saturated rings. The first-order valence-corrected chi connectivity index (χ1v) is 13.0. The number of methoxy groups -OCH3 is 1. The summed E-state index contributed by atoms with van der Waals surface area (Å²) in [4.78, 5) is 39.9. The maximum Gasteiger partial charge on any atom is 0.264 e. The Morgan fingerprint density at radius 1 is 1.08 bits per heavy atom. The van der Waals surface area contributed by atoms with E-state index in [1.807, 2.05) is 35.2 Å². The predicted molar refractivity (Wildman–Crippen MR) is 146 cm³/mol. The number of carbonyl (C=O) groups is 2. The number of aromatic nitrogens is 2. The summed E-state index contributed by atoms with van der Waals surface area (Å²) in [5, 5.41) is 0. The van der Waals surface area contributed by atoms with Crippen molar-refractivity contribution < 1.29 is 14.3 Å². The van der Waals surface area contributed by atoms with E-state index in [9.17, 15) is 9.59 Å². The average molecular weight is 536 g/mol. The Kier molecular flexibility index (Phi) is 7.43. The fourth-order valence-electron chi connectivity index (χ4n) is 4.33. The van der Waals surface area contributed by atoms with Gasteiger partial charge in [-0.05, 0) is 54.6 Å². The Hall–Kier alpha value is -3.82. The highest BCUT2D eigenvalue weighted by atomic mass is 35.5. The molecule has 8 nitrogen and oxygen atoms in total. The molecular formula is C27H26ClN5O3S. The summed E-state index contributed by atoms with van der Waals surface area (Å²) < 4.78 is 5.92. The number of rotatable bonds is 7. The van der Waals surface area contributed by atoms with Gasteiger partial charge >= 0.3 is 0 Å². The van der Waals surface area contributed by atoms with Gasteiger partial charge in [0.15, 0.2) is 0 Å². The number of hydrogen-bond acceptors (Lipinski definition) is 6. The first-order valence-electron chi connectivity index (χ1n) is 11.8. The van der Waals surface area contributed by atoms with Crippen molar-refractivity contribution in [3.8, 4) is 5.75 Å². The second-order valence-corrected chi connectivity index (χ2v) is 10.3. The van der Waals surface area contributed by atoms with E-state index in [1.54, 1.807) is 54.9 Å².